The smallest absolute Gasteiger partial charge is 0.318 e. The predicted molar refractivity (Wildman–Crippen MR) is 117 cm³/mol. The number of primary amides is 2. The maximum atomic E-state index is 12.8. The van der Waals surface area contributed by atoms with E-state index in [1.165, 1.54) is 0 Å². The molecule has 31 heavy (non-hydrogen) atoms. The molecule has 4 N–H and O–H groups in total. The molecule has 3 rings (SSSR count). The fraction of sp³-hybridized carbons (Fsp3) is 0.261. The molecule has 0 aliphatic heterocycles. The molecular weight excluding hydrogens is 396 g/mol. The number of aromatic nitrogens is 1. The summed E-state index contributed by atoms with van der Waals surface area (Å²) >= 11 is 0. The lowest BCUT2D eigenvalue weighted by atomic mass is 10.1. The van der Waals surface area contributed by atoms with Crippen molar-refractivity contribution in [2.45, 2.75) is 19.7 Å². The number of carbonyl (C=O) groups excluding carboxylic acids is 3. The second-order valence-corrected chi connectivity index (χ2v) is 8.36. The normalized spacial score (nSPS) is 12.5. The van der Waals surface area contributed by atoms with E-state index in [4.69, 9.17) is 16.2 Å². The molecule has 0 radical (unpaired) electrons. The van der Waals surface area contributed by atoms with Gasteiger partial charge >= 0.3 is 12.1 Å². The van der Waals surface area contributed by atoms with Crippen LogP contribution in [0, 0.1) is 6.92 Å². The summed E-state index contributed by atoms with van der Waals surface area (Å²) in [7, 11) is 5.32. The molecule has 0 spiro atoms. The number of rotatable bonds is 8. The number of amides is 2. The highest BCUT2D eigenvalue weighted by Gasteiger charge is 2.34. The molecular formula is C23H27N4O4+. The van der Waals surface area contributed by atoms with Crippen LogP contribution in [0.1, 0.15) is 21.6 Å². The topological polar surface area (TPSA) is 117 Å². The van der Waals surface area contributed by atoms with Crippen LogP contribution in [0.4, 0.5) is 0 Å². The molecule has 2 amide bonds. The van der Waals surface area contributed by atoms with Gasteiger partial charge in [-0.1, -0.05) is 36.4 Å². The molecule has 2 aromatic carbocycles. The van der Waals surface area contributed by atoms with Crippen molar-refractivity contribution >= 4 is 28.5 Å². The van der Waals surface area contributed by atoms with Gasteiger partial charge < -0.3 is 20.8 Å². The van der Waals surface area contributed by atoms with Crippen molar-refractivity contribution in [2.75, 3.05) is 21.1 Å². The van der Waals surface area contributed by atoms with Gasteiger partial charge in [0.1, 0.15) is 5.75 Å². The minimum absolute atomic E-state index is 0.120. The van der Waals surface area contributed by atoms with E-state index in [2.05, 4.69) is 0 Å². The Labute approximate surface area is 180 Å². The Morgan fingerprint density at radius 3 is 2.19 bits per heavy atom. The van der Waals surface area contributed by atoms with Crippen LogP contribution in [0.25, 0.3) is 10.9 Å². The van der Waals surface area contributed by atoms with E-state index < -0.39 is 23.8 Å². The number of nitrogens with two attached hydrogens (primary N) is 2. The fourth-order valence-electron chi connectivity index (χ4n) is 3.68. The van der Waals surface area contributed by atoms with Gasteiger partial charge in [0, 0.05) is 12.2 Å². The summed E-state index contributed by atoms with van der Waals surface area (Å²) in [6, 6.07) is 15.0. The monoisotopic (exact) mass is 423 g/mol. The Kier molecular flexibility index (Phi) is 5.85. The SMILES string of the molecule is Cc1c(C(=O)C(N)=O)c2c(OC(C(N)=O)[N+](C)(C)C)cccc2n1Cc1ccccc1. The van der Waals surface area contributed by atoms with Gasteiger partial charge in [-0.2, -0.15) is 0 Å². The Morgan fingerprint density at radius 2 is 1.65 bits per heavy atom. The minimum Gasteiger partial charge on any atom is -0.433 e. The second-order valence-electron chi connectivity index (χ2n) is 8.36. The molecule has 0 fully saturated rings. The van der Waals surface area contributed by atoms with Gasteiger partial charge in [-0.05, 0) is 24.6 Å². The van der Waals surface area contributed by atoms with Crippen LogP contribution in [0.5, 0.6) is 5.75 Å². The zero-order valence-electron chi connectivity index (χ0n) is 18.1. The summed E-state index contributed by atoms with van der Waals surface area (Å²) in [5.41, 5.74) is 13.4. The van der Waals surface area contributed by atoms with Crippen LogP contribution in [-0.2, 0) is 16.1 Å². The number of likely N-dealkylation sites (N-methyl/N-ethyl adjacent to an activating group) is 1. The van der Waals surface area contributed by atoms with Crippen molar-refractivity contribution in [3.05, 3.63) is 65.4 Å². The average molecular weight is 423 g/mol. The van der Waals surface area contributed by atoms with Gasteiger partial charge in [0.2, 0.25) is 0 Å². The van der Waals surface area contributed by atoms with E-state index in [0.717, 1.165) is 5.56 Å². The summed E-state index contributed by atoms with van der Waals surface area (Å²) in [5, 5.41) is 0.430. The lowest BCUT2D eigenvalue weighted by Gasteiger charge is -2.31. The van der Waals surface area contributed by atoms with E-state index in [1.807, 2.05) is 41.0 Å². The minimum atomic E-state index is -1.06. The lowest BCUT2D eigenvalue weighted by Crippen LogP contribution is -2.55. The zero-order valence-corrected chi connectivity index (χ0v) is 18.1. The van der Waals surface area contributed by atoms with Crippen LogP contribution in [-0.4, -0.2) is 54.0 Å². The van der Waals surface area contributed by atoms with E-state index in [-0.39, 0.29) is 15.8 Å². The van der Waals surface area contributed by atoms with Crippen molar-refractivity contribution in [3.63, 3.8) is 0 Å². The highest BCUT2D eigenvalue weighted by atomic mass is 16.5. The van der Waals surface area contributed by atoms with Gasteiger partial charge in [-0.25, -0.2) is 0 Å². The van der Waals surface area contributed by atoms with Gasteiger partial charge in [0.25, 0.3) is 11.7 Å². The average Bonchev–Trinajstić information content (AvgIpc) is 2.97. The molecule has 0 aliphatic carbocycles. The molecule has 0 saturated heterocycles. The molecule has 0 aliphatic rings. The van der Waals surface area contributed by atoms with Gasteiger partial charge in [-0.3, -0.25) is 18.9 Å². The predicted octanol–water partition coefficient (Wildman–Crippen LogP) is 1.56. The van der Waals surface area contributed by atoms with Gasteiger partial charge in [0.15, 0.2) is 0 Å². The summed E-state index contributed by atoms with van der Waals surface area (Å²) in [4.78, 5) is 36.6. The molecule has 8 nitrogen and oxygen atoms in total. The number of hydrogen-bond donors (Lipinski definition) is 2. The highest BCUT2D eigenvalue weighted by molar-refractivity contribution is 6.45. The third kappa shape index (κ3) is 4.29. The van der Waals surface area contributed by atoms with Crippen LogP contribution in [0.2, 0.25) is 0 Å². The molecule has 8 heteroatoms. The van der Waals surface area contributed by atoms with E-state index >= 15 is 0 Å². The number of ether oxygens (including phenoxy) is 1. The third-order valence-corrected chi connectivity index (χ3v) is 5.13. The lowest BCUT2D eigenvalue weighted by molar-refractivity contribution is -0.904. The maximum Gasteiger partial charge on any atom is 0.318 e. The molecule has 0 saturated carbocycles. The molecule has 1 aromatic heterocycles. The van der Waals surface area contributed by atoms with Crippen molar-refractivity contribution in [1.82, 2.24) is 4.57 Å². The van der Waals surface area contributed by atoms with Crippen LogP contribution < -0.4 is 16.2 Å². The van der Waals surface area contributed by atoms with Crippen LogP contribution in [0.15, 0.2) is 48.5 Å². The number of hydrogen-bond acceptors (Lipinski definition) is 4. The first-order chi connectivity index (χ1) is 14.5. The van der Waals surface area contributed by atoms with Crippen LogP contribution >= 0.6 is 0 Å². The van der Waals surface area contributed by atoms with Crippen molar-refractivity contribution < 1.29 is 23.6 Å². The Morgan fingerprint density at radius 1 is 1.00 bits per heavy atom. The second kappa shape index (κ2) is 8.23. The van der Waals surface area contributed by atoms with Gasteiger partial charge in [0.05, 0.1) is 37.6 Å². The number of Topliss-reactive ketones (excluding diaryl/α,β-unsaturated/α-hetero) is 1. The van der Waals surface area contributed by atoms with E-state index in [1.54, 1.807) is 40.2 Å². The largest absolute Gasteiger partial charge is 0.433 e. The van der Waals surface area contributed by atoms with Crippen molar-refractivity contribution in [1.29, 1.82) is 0 Å². The summed E-state index contributed by atoms with van der Waals surface area (Å²) < 4.78 is 8.07. The third-order valence-electron chi connectivity index (χ3n) is 5.13. The highest BCUT2D eigenvalue weighted by Crippen LogP contribution is 2.35. The Hall–Kier alpha value is -3.65. The van der Waals surface area contributed by atoms with Crippen molar-refractivity contribution in [3.8, 4) is 5.75 Å². The first-order valence-electron chi connectivity index (χ1n) is 9.79. The number of quaternary nitrogens is 1. The fourth-order valence-corrected chi connectivity index (χ4v) is 3.68. The quantitative estimate of drug-likeness (QED) is 0.247. The van der Waals surface area contributed by atoms with E-state index in [0.29, 0.717) is 23.1 Å². The first kappa shape index (κ1) is 22.0. The molecule has 1 heterocycles. The Bertz CT molecular complexity index is 1160. The number of fused-ring (bicyclic) bond motifs is 1. The Balaban J connectivity index is 2.26. The summed E-state index contributed by atoms with van der Waals surface area (Å²) in [5.74, 6) is -2.23. The maximum absolute atomic E-state index is 12.8. The standard InChI is InChI=1S/C23H26N4O4/c1-14-18(20(28)21(24)29)19-16(26(14)13-15-9-6-5-7-10-15)11-8-12-17(19)31-23(22(25)30)27(2,3)4/h5-12,23H,13H2,1-4H3,(H3-,24,25,29,30)/p+1. The molecule has 162 valence electrons. The number of benzene rings is 2. The molecule has 0 bridgehead atoms. The molecule has 1 atom stereocenters. The number of nitrogens with zero attached hydrogens (tertiary/aromatic N) is 2. The number of carbonyl (C=O) groups is 3. The summed E-state index contributed by atoms with van der Waals surface area (Å²) in [6.45, 7) is 2.24. The first-order valence-corrected chi connectivity index (χ1v) is 9.79. The van der Waals surface area contributed by atoms with Crippen molar-refractivity contribution in [2.24, 2.45) is 11.5 Å². The number of ketones is 1. The van der Waals surface area contributed by atoms with Gasteiger partial charge in [-0.15, -0.1) is 0 Å². The molecule has 1 unspecified atom stereocenters. The van der Waals surface area contributed by atoms with Crippen LogP contribution in [0.3, 0.4) is 0 Å². The summed E-state index contributed by atoms with van der Waals surface area (Å²) in [6.07, 6.45) is -1.00. The zero-order chi connectivity index (χ0) is 22.9. The molecule has 3 aromatic rings. The van der Waals surface area contributed by atoms with E-state index in [9.17, 15) is 14.4 Å².